The van der Waals surface area contributed by atoms with Crippen molar-refractivity contribution in [3.05, 3.63) is 46.2 Å². The minimum absolute atomic E-state index is 1.22. The molecule has 0 N–H and O–H groups in total. The second-order valence-electron chi connectivity index (χ2n) is 2.81. The Morgan fingerprint density at radius 3 is 1.62 bits per heavy atom. The zero-order chi connectivity index (χ0) is 9.52. The Bertz CT molecular complexity index is 252. The number of rotatable bonds is 0. The van der Waals surface area contributed by atoms with Crippen LogP contribution in [0.25, 0.3) is 0 Å². The van der Waals surface area contributed by atoms with Crippen molar-refractivity contribution in [2.24, 2.45) is 0 Å². The topological polar surface area (TPSA) is 0 Å². The van der Waals surface area contributed by atoms with Crippen LogP contribution in [-0.2, 0) is 0 Å². The van der Waals surface area contributed by atoms with Crippen LogP contribution in [0.1, 0.15) is 11.1 Å². The molecule has 1 aliphatic heterocycles. The third-order valence-electron chi connectivity index (χ3n) is 1.81. The van der Waals surface area contributed by atoms with Gasteiger partial charge in [0.15, 0.2) is 0 Å². The summed E-state index contributed by atoms with van der Waals surface area (Å²) in [5.41, 5.74) is 2.74. The van der Waals surface area contributed by atoms with Gasteiger partial charge in [-0.3, -0.25) is 0 Å². The molecule has 0 fully saturated rings. The van der Waals surface area contributed by atoms with Crippen molar-refractivity contribution in [1.29, 1.82) is 0 Å². The molecule has 0 spiro atoms. The van der Waals surface area contributed by atoms with Crippen LogP contribution in [0.3, 0.4) is 0 Å². The number of hydrogen-bond donors (Lipinski definition) is 0. The zero-order valence-corrected chi connectivity index (χ0v) is 9.62. The van der Waals surface area contributed by atoms with Crippen LogP contribution in [-0.4, -0.2) is 5.08 Å². The molecule has 0 radical (unpaired) electrons. The Labute approximate surface area is 88.8 Å². The molecule has 0 unspecified atom stereocenters. The van der Waals surface area contributed by atoms with Crippen LogP contribution in [0.5, 0.6) is 0 Å². The maximum Gasteiger partial charge on any atom is 0.0475 e. The molecule has 1 aliphatic rings. The lowest BCUT2D eigenvalue weighted by Crippen LogP contribution is -1.74. The molecule has 0 saturated carbocycles. The SMILES string of the molecule is C1=CSCS1.Cc1ccccc1C. The highest BCUT2D eigenvalue weighted by molar-refractivity contribution is 8.21. The van der Waals surface area contributed by atoms with Gasteiger partial charge >= 0.3 is 0 Å². The average molecular weight is 210 g/mol. The Hall–Kier alpha value is -0.340. The number of hydrogen-bond acceptors (Lipinski definition) is 2. The highest BCUT2D eigenvalue weighted by atomic mass is 32.2. The Morgan fingerprint density at radius 1 is 0.923 bits per heavy atom. The van der Waals surface area contributed by atoms with E-state index in [1.807, 2.05) is 23.5 Å². The molecule has 0 aromatic heterocycles. The summed E-state index contributed by atoms with van der Waals surface area (Å²) in [4.78, 5) is 0. The molecule has 0 bridgehead atoms. The normalized spacial score (nSPS) is 13.7. The third kappa shape index (κ3) is 4.44. The molecule has 0 atom stereocenters. The fourth-order valence-corrected chi connectivity index (χ4v) is 2.43. The van der Waals surface area contributed by atoms with Crippen LogP contribution in [0.2, 0.25) is 0 Å². The molecule has 70 valence electrons. The Balaban J connectivity index is 0.000000145. The summed E-state index contributed by atoms with van der Waals surface area (Å²) in [7, 11) is 0. The van der Waals surface area contributed by atoms with Gasteiger partial charge < -0.3 is 0 Å². The number of aryl methyl sites for hydroxylation is 2. The first-order valence-corrected chi connectivity index (χ1v) is 6.31. The Morgan fingerprint density at radius 2 is 1.38 bits per heavy atom. The van der Waals surface area contributed by atoms with Crippen LogP contribution >= 0.6 is 23.5 Å². The molecule has 1 aromatic carbocycles. The summed E-state index contributed by atoms with van der Waals surface area (Å²) >= 11 is 3.71. The lowest BCUT2D eigenvalue weighted by molar-refractivity contribution is 1.34. The maximum absolute atomic E-state index is 2.12. The van der Waals surface area contributed by atoms with Gasteiger partial charge in [-0.15, -0.1) is 23.5 Å². The largest absolute Gasteiger partial charge is 0.122 e. The Kier molecular flexibility index (Phi) is 5.09. The van der Waals surface area contributed by atoms with E-state index < -0.39 is 0 Å². The molecule has 2 rings (SSSR count). The molecule has 13 heavy (non-hydrogen) atoms. The van der Waals surface area contributed by atoms with E-state index >= 15 is 0 Å². The third-order valence-corrected chi connectivity index (χ3v) is 3.73. The van der Waals surface area contributed by atoms with Crippen LogP contribution in [0, 0.1) is 13.8 Å². The quantitative estimate of drug-likeness (QED) is 0.629. The first-order valence-electron chi connectivity index (χ1n) is 4.21. The molecule has 2 heteroatoms. The van der Waals surface area contributed by atoms with Crippen molar-refractivity contribution >= 4 is 23.5 Å². The lowest BCUT2D eigenvalue weighted by atomic mass is 10.1. The summed E-state index contributed by atoms with van der Waals surface area (Å²) in [5, 5.41) is 5.45. The van der Waals surface area contributed by atoms with Gasteiger partial charge in [-0.05, 0) is 35.8 Å². The highest BCUT2D eigenvalue weighted by Crippen LogP contribution is 2.22. The fraction of sp³-hybridized carbons (Fsp3) is 0.273. The summed E-state index contributed by atoms with van der Waals surface area (Å²) in [6, 6.07) is 8.36. The van der Waals surface area contributed by atoms with Gasteiger partial charge in [0.1, 0.15) is 0 Å². The molecule has 0 aliphatic carbocycles. The van der Waals surface area contributed by atoms with Gasteiger partial charge in [-0.2, -0.15) is 0 Å². The molecule has 0 saturated heterocycles. The number of benzene rings is 1. The minimum Gasteiger partial charge on any atom is -0.122 e. The van der Waals surface area contributed by atoms with E-state index in [4.69, 9.17) is 0 Å². The van der Waals surface area contributed by atoms with Crippen LogP contribution < -0.4 is 0 Å². The predicted octanol–water partition coefficient (Wildman–Crippen LogP) is 4.20. The smallest absolute Gasteiger partial charge is 0.0475 e. The van der Waals surface area contributed by atoms with E-state index in [1.54, 1.807) is 0 Å². The lowest BCUT2D eigenvalue weighted by Gasteiger charge is -1.93. The van der Waals surface area contributed by atoms with E-state index in [9.17, 15) is 0 Å². The molecular formula is C11H14S2. The molecule has 0 nitrogen and oxygen atoms in total. The standard InChI is InChI=1S/C8H10.C3H4S2/c1-7-5-3-4-6-8(7)2;1-2-5-3-4-1/h3-6H,1-2H3;1-2H,3H2. The van der Waals surface area contributed by atoms with Crippen molar-refractivity contribution in [2.45, 2.75) is 13.8 Å². The summed E-state index contributed by atoms with van der Waals surface area (Å²) in [5.74, 6) is 0. The molecule has 0 amide bonds. The fourth-order valence-electron chi connectivity index (χ4n) is 0.859. The average Bonchev–Trinajstić information content (AvgIpc) is 2.68. The van der Waals surface area contributed by atoms with Crippen molar-refractivity contribution < 1.29 is 0 Å². The second kappa shape index (κ2) is 6.17. The minimum atomic E-state index is 1.22. The van der Waals surface area contributed by atoms with E-state index in [0.29, 0.717) is 0 Å². The van der Waals surface area contributed by atoms with Crippen molar-refractivity contribution in [1.82, 2.24) is 0 Å². The summed E-state index contributed by atoms with van der Waals surface area (Å²) in [6.07, 6.45) is 0. The zero-order valence-electron chi connectivity index (χ0n) is 7.99. The van der Waals surface area contributed by atoms with Crippen molar-refractivity contribution in [3.63, 3.8) is 0 Å². The van der Waals surface area contributed by atoms with Gasteiger partial charge in [0.25, 0.3) is 0 Å². The first-order chi connectivity index (χ1) is 6.30. The molecule has 1 heterocycles. The predicted molar refractivity (Wildman–Crippen MR) is 65.1 cm³/mol. The summed E-state index contributed by atoms with van der Waals surface area (Å²) in [6.45, 7) is 4.24. The molecule has 1 aromatic rings. The molecular weight excluding hydrogens is 196 g/mol. The highest BCUT2D eigenvalue weighted by Gasteiger charge is 1.85. The van der Waals surface area contributed by atoms with Crippen LogP contribution in [0.4, 0.5) is 0 Å². The van der Waals surface area contributed by atoms with Gasteiger partial charge in [-0.1, -0.05) is 24.3 Å². The second-order valence-corrected chi connectivity index (χ2v) is 4.96. The van der Waals surface area contributed by atoms with Crippen molar-refractivity contribution in [3.8, 4) is 0 Å². The van der Waals surface area contributed by atoms with Gasteiger partial charge in [0, 0.05) is 5.08 Å². The van der Waals surface area contributed by atoms with Gasteiger partial charge in [0.2, 0.25) is 0 Å². The van der Waals surface area contributed by atoms with E-state index in [0.717, 1.165) is 0 Å². The van der Waals surface area contributed by atoms with E-state index in [2.05, 4.69) is 48.9 Å². The number of thioether (sulfide) groups is 2. The van der Waals surface area contributed by atoms with Crippen LogP contribution in [0.15, 0.2) is 35.1 Å². The van der Waals surface area contributed by atoms with E-state index in [1.165, 1.54) is 16.2 Å². The van der Waals surface area contributed by atoms with Gasteiger partial charge in [0.05, 0.1) is 0 Å². The van der Waals surface area contributed by atoms with Gasteiger partial charge in [-0.25, -0.2) is 0 Å². The van der Waals surface area contributed by atoms with Crippen molar-refractivity contribution in [2.75, 3.05) is 5.08 Å². The maximum atomic E-state index is 2.12. The summed E-state index contributed by atoms with van der Waals surface area (Å²) < 4.78 is 0. The monoisotopic (exact) mass is 210 g/mol. The first kappa shape index (κ1) is 10.7. The van der Waals surface area contributed by atoms with E-state index in [-0.39, 0.29) is 0 Å².